The quantitative estimate of drug-likeness (QED) is 0.542. The first-order valence-electron chi connectivity index (χ1n) is 5.89. The van der Waals surface area contributed by atoms with Crippen LogP contribution in [0.2, 0.25) is 0 Å². The van der Waals surface area contributed by atoms with Crippen LogP contribution in [0.1, 0.15) is 0 Å². The van der Waals surface area contributed by atoms with Gasteiger partial charge in [-0.3, -0.25) is 9.99 Å². The van der Waals surface area contributed by atoms with Gasteiger partial charge >= 0.3 is 0 Å². The monoisotopic (exact) mass is 363 g/mol. The van der Waals surface area contributed by atoms with Crippen molar-refractivity contribution in [2.45, 2.75) is 10.1 Å². The van der Waals surface area contributed by atoms with E-state index in [1.807, 2.05) is 24.3 Å². The van der Waals surface area contributed by atoms with Gasteiger partial charge in [-0.15, -0.1) is 0 Å². The summed E-state index contributed by atoms with van der Waals surface area (Å²) in [5.74, 6) is 6.16. The van der Waals surface area contributed by atoms with Crippen LogP contribution >= 0.6 is 27.7 Å². The fraction of sp³-hybridized carbons (Fsp3) is 0. The molecule has 7 nitrogen and oxygen atoms in total. The van der Waals surface area contributed by atoms with Crippen molar-refractivity contribution < 1.29 is 0 Å². The number of anilines is 1. The number of hydrogen-bond donors (Lipinski definition) is 2. The van der Waals surface area contributed by atoms with Crippen molar-refractivity contribution in [1.82, 2.24) is 24.5 Å². The molecule has 2 heterocycles. The molecule has 106 valence electrons. The van der Waals surface area contributed by atoms with Gasteiger partial charge in [0.05, 0.1) is 0 Å². The molecule has 0 bridgehead atoms. The molecule has 0 unspecified atom stereocenters. The summed E-state index contributed by atoms with van der Waals surface area (Å²) in [5, 5.41) is 0.541. The molecule has 0 atom stereocenters. The van der Waals surface area contributed by atoms with Gasteiger partial charge in [0.25, 0.3) is 0 Å². The molecule has 21 heavy (non-hydrogen) atoms. The normalized spacial score (nSPS) is 10.6. The molecular weight excluding hydrogens is 354 g/mol. The Morgan fingerprint density at radius 3 is 2.86 bits per heavy atom. The van der Waals surface area contributed by atoms with E-state index < -0.39 is 0 Å². The van der Waals surface area contributed by atoms with E-state index in [9.17, 15) is 0 Å². The molecule has 0 spiro atoms. The zero-order chi connectivity index (χ0) is 14.7. The molecule has 3 N–H and O–H groups in total. The summed E-state index contributed by atoms with van der Waals surface area (Å²) in [4.78, 5) is 17.8. The number of benzene rings is 1. The van der Waals surface area contributed by atoms with Crippen LogP contribution in [0.4, 0.5) is 5.95 Å². The number of aromatic nitrogens is 5. The van der Waals surface area contributed by atoms with Crippen LogP contribution in [-0.4, -0.2) is 24.5 Å². The van der Waals surface area contributed by atoms with Crippen molar-refractivity contribution >= 4 is 33.6 Å². The molecule has 0 saturated carbocycles. The van der Waals surface area contributed by atoms with Crippen LogP contribution < -0.4 is 11.3 Å². The zero-order valence-electron chi connectivity index (χ0n) is 10.6. The summed E-state index contributed by atoms with van der Waals surface area (Å²) in [5.41, 5.74) is 2.45. The highest BCUT2D eigenvalue weighted by Gasteiger charge is 2.09. The Hall–Kier alpha value is -1.97. The minimum atomic E-state index is 0.297. The Balaban J connectivity index is 1.96. The van der Waals surface area contributed by atoms with E-state index in [0.29, 0.717) is 17.1 Å². The standard InChI is InChI=1S/C12H10BrN7S/c13-8-2-1-3-9(6-8)21-12-17-10(19-14)16-11(18-12)20-5-4-15-7-20/h1-7H,14H2,(H,16,17,18,19). The summed E-state index contributed by atoms with van der Waals surface area (Å²) >= 11 is 4.86. The molecule has 3 rings (SSSR count). The van der Waals surface area contributed by atoms with Crippen LogP contribution in [0.25, 0.3) is 5.95 Å². The van der Waals surface area contributed by atoms with E-state index in [0.717, 1.165) is 9.37 Å². The number of nitrogen functional groups attached to an aromatic ring is 1. The highest BCUT2D eigenvalue weighted by atomic mass is 79.9. The van der Waals surface area contributed by atoms with E-state index >= 15 is 0 Å². The molecule has 3 aromatic rings. The van der Waals surface area contributed by atoms with E-state index in [4.69, 9.17) is 5.84 Å². The molecule has 0 aliphatic carbocycles. The van der Waals surface area contributed by atoms with E-state index in [-0.39, 0.29) is 0 Å². The molecular formula is C12H10BrN7S. The number of halogens is 1. The van der Waals surface area contributed by atoms with Crippen molar-refractivity contribution in [2.24, 2.45) is 5.84 Å². The second-order valence-corrected chi connectivity index (χ2v) is 5.87. The maximum Gasteiger partial charge on any atom is 0.242 e. The Bertz CT molecular complexity index is 747. The maximum absolute atomic E-state index is 5.41. The highest BCUT2D eigenvalue weighted by molar-refractivity contribution is 9.10. The average molecular weight is 364 g/mol. The van der Waals surface area contributed by atoms with Crippen molar-refractivity contribution in [3.63, 3.8) is 0 Å². The number of nitrogens with two attached hydrogens (primary N) is 1. The van der Waals surface area contributed by atoms with Gasteiger partial charge in [-0.1, -0.05) is 22.0 Å². The predicted octanol–water partition coefficient (Wildman–Crippen LogP) is 2.26. The first-order valence-corrected chi connectivity index (χ1v) is 7.50. The van der Waals surface area contributed by atoms with Crippen molar-refractivity contribution in [3.8, 4) is 5.95 Å². The van der Waals surface area contributed by atoms with Gasteiger partial charge in [0.15, 0.2) is 5.16 Å². The largest absolute Gasteiger partial charge is 0.292 e. The summed E-state index contributed by atoms with van der Waals surface area (Å²) in [6, 6.07) is 7.88. The number of nitrogens with zero attached hydrogens (tertiary/aromatic N) is 5. The third-order valence-electron chi connectivity index (χ3n) is 2.47. The van der Waals surface area contributed by atoms with Gasteiger partial charge in [-0.05, 0) is 30.0 Å². The fourth-order valence-corrected chi connectivity index (χ4v) is 2.94. The topological polar surface area (TPSA) is 94.5 Å². The molecule has 0 fully saturated rings. The number of nitrogens with one attached hydrogen (secondary N) is 1. The van der Waals surface area contributed by atoms with Crippen molar-refractivity contribution in [1.29, 1.82) is 0 Å². The van der Waals surface area contributed by atoms with Gasteiger partial charge in [0.2, 0.25) is 11.9 Å². The minimum absolute atomic E-state index is 0.297. The van der Waals surface area contributed by atoms with Crippen LogP contribution in [0.15, 0.2) is 57.5 Å². The van der Waals surface area contributed by atoms with Crippen molar-refractivity contribution in [2.75, 3.05) is 5.43 Å². The predicted molar refractivity (Wildman–Crippen MR) is 83.0 cm³/mol. The Kier molecular flexibility index (Phi) is 4.13. The smallest absolute Gasteiger partial charge is 0.242 e. The summed E-state index contributed by atoms with van der Waals surface area (Å²) in [7, 11) is 0. The molecule has 0 aliphatic heterocycles. The Morgan fingerprint density at radius 1 is 1.24 bits per heavy atom. The number of hydrazine groups is 1. The molecule has 1 aromatic carbocycles. The second kappa shape index (κ2) is 6.20. The van der Waals surface area contributed by atoms with Crippen LogP contribution in [0.3, 0.4) is 0 Å². The first-order chi connectivity index (χ1) is 10.2. The van der Waals surface area contributed by atoms with E-state index in [1.54, 1.807) is 23.3 Å². The molecule has 0 aliphatic rings. The van der Waals surface area contributed by atoms with E-state index in [2.05, 4.69) is 41.3 Å². The van der Waals surface area contributed by atoms with Crippen LogP contribution in [0, 0.1) is 0 Å². The molecule has 2 aromatic heterocycles. The summed E-state index contributed by atoms with van der Waals surface area (Å²) in [6.07, 6.45) is 5.02. The van der Waals surface area contributed by atoms with Crippen molar-refractivity contribution in [3.05, 3.63) is 47.5 Å². The number of hydrogen-bond acceptors (Lipinski definition) is 7. The van der Waals surface area contributed by atoms with Gasteiger partial charge in [0, 0.05) is 21.8 Å². The van der Waals surface area contributed by atoms with Crippen LogP contribution in [-0.2, 0) is 0 Å². The van der Waals surface area contributed by atoms with Gasteiger partial charge in [-0.2, -0.15) is 15.0 Å². The van der Waals surface area contributed by atoms with Gasteiger partial charge in [-0.25, -0.2) is 10.8 Å². The Morgan fingerprint density at radius 2 is 2.14 bits per heavy atom. The zero-order valence-corrected chi connectivity index (χ0v) is 13.0. The maximum atomic E-state index is 5.41. The molecule has 0 radical (unpaired) electrons. The molecule has 0 amide bonds. The number of rotatable bonds is 4. The third-order valence-corrected chi connectivity index (χ3v) is 3.82. The van der Waals surface area contributed by atoms with Gasteiger partial charge < -0.3 is 0 Å². The summed E-state index contributed by atoms with van der Waals surface area (Å²) < 4.78 is 2.68. The van der Waals surface area contributed by atoms with Crippen LogP contribution in [0.5, 0.6) is 0 Å². The fourth-order valence-electron chi connectivity index (χ4n) is 1.58. The Labute approximate surface area is 133 Å². The molecule has 9 heteroatoms. The lowest BCUT2D eigenvalue weighted by atomic mass is 10.4. The lowest BCUT2D eigenvalue weighted by Crippen LogP contribution is -2.13. The first kappa shape index (κ1) is 14.0. The highest BCUT2D eigenvalue weighted by Crippen LogP contribution is 2.27. The minimum Gasteiger partial charge on any atom is -0.292 e. The average Bonchev–Trinajstić information content (AvgIpc) is 3.01. The summed E-state index contributed by atoms with van der Waals surface area (Å²) in [6.45, 7) is 0. The lowest BCUT2D eigenvalue weighted by molar-refractivity contribution is 0.824. The number of imidazole rings is 1. The van der Waals surface area contributed by atoms with Gasteiger partial charge in [0.1, 0.15) is 6.33 Å². The SMILES string of the molecule is NNc1nc(Sc2cccc(Br)c2)nc(-n2ccnc2)n1. The van der Waals surface area contributed by atoms with E-state index in [1.165, 1.54) is 11.8 Å². The molecule has 0 saturated heterocycles. The third kappa shape index (κ3) is 3.38. The lowest BCUT2D eigenvalue weighted by Gasteiger charge is -2.06. The second-order valence-electron chi connectivity index (χ2n) is 3.92.